The molecule has 3 amide bonds. The van der Waals surface area contributed by atoms with Gasteiger partial charge >= 0.3 is 11.9 Å². The molecule has 6 aliphatic rings. The Morgan fingerprint density at radius 2 is 1.43 bits per heavy atom. The van der Waals surface area contributed by atoms with Crippen molar-refractivity contribution in [3.05, 3.63) is 22.5 Å². The number of amides is 3. The molecule has 6 heterocycles. The lowest BCUT2D eigenvalue weighted by Gasteiger charge is -2.47. The van der Waals surface area contributed by atoms with Gasteiger partial charge in [0.25, 0.3) is 0 Å². The van der Waals surface area contributed by atoms with Gasteiger partial charge in [-0.2, -0.15) is 5.26 Å². The predicted octanol–water partition coefficient (Wildman–Crippen LogP) is -1.37. The van der Waals surface area contributed by atoms with Crippen molar-refractivity contribution in [1.82, 2.24) is 19.6 Å². The Kier molecular flexibility index (Phi) is 8.44. The normalized spacial score (nSPS) is 36.6. The fraction of sp³-hybridized carbons (Fsp3) is 0.688. The van der Waals surface area contributed by atoms with Crippen LogP contribution in [0.15, 0.2) is 22.5 Å². The maximum atomic E-state index is 13.4. The van der Waals surface area contributed by atoms with Crippen LogP contribution in [0.4, 0.5) is 0 Å². The predicted molar refractivity (Wildman–Crippen MR) is 161 cm³/mol. The van der Waals surface area contributed by atoms with E-state index in [1.54, 1.807) is 0 Å². The lowest BCUT2D eigenvalue weighted by atomic mass is 9.74. The first-order chi connectivity index (χ1) is 22.2. The number of nitrogens with two attached hydrogens (primary N) is 1. The number of carboxylic acid groups (broad SMARTS) is 2. The molecular weight excluding hydrogens is 612 g/mol. The molecule has 6 N–H and O–H groups in total. The van der Waals surface area contributed by atoms with E-state index in [-0.39, 0.29) is 54.6 Å². The molecular formula is C32H42N6O9. The molecule has 4 saturated heterocycles. The lowest BCUT2D eigenvalue weighted by Crippen LogP contribution is -2.64. The molecule has 6 aliphatic heterocycles. The third-order valence-corrected chi connectivity index (χ3v) is 11.6. The van der Waals surface area contributed by atoms with Gasteiger partial charge in [0.15, 0.2) is 0 Å². The number of carbonyl (C=O) groups excluding carboxylic acids is 3. The molecule has 0 aromatic heterocycles. The number of carboxylic acids is 2. The molecule has 47 heavy (non-hydrogen) atoms. The average molecular weight is 655 g/mol. The van der Waals surface area contributed by atoms with Crippen molar-refractivity contribution in [3.8, 4) is 6.07 Å². The van der Waals surface area contributed by atoms with E-state index in [0.29, 0.717) is 43.7 Å². The molecule has 0 radical (unpaired) electrons. The van der Waals surface area contributed by atoms with E-state index in [1.165, 1.54) is 16.7 Å². The standard InChI is InChI=1S/C32H42N6O9/c1-13-20(27(32(46)47)37-24(13)22(15(3)39)29(37)42)12-36-9-17(18(7-33)10-36)6-21(40)23-25-14(2)19(26(31(44)45)38(25)30(23)43)11-35-5-4-16(8-35)28(34)41/h13-18,21-25,39-40H,4-6,8-12H2,1-3H3,(H2,34,41)(H,44,45)(H,46,47)/t13-,14-,15+,16-,17?,18+,21+,22?,23?,24?,25?/m0/s1. The van der Waals surface area contributed by atoms with Gasteiger partial charge in [0.05, 0.1) is 54.0 Å². The molecule has 0 aliphatic carbocycles. The first-order valence-corrected chi connectivity index (χ1v) is 16.3. The minimum atomic E-state index is -1.22. The Morgan fingerprint density at radius 1 is 0.894 bits per heavy atom. The van der Waals surface area contributed by atoms with E-state index in [9.17, 15) is 49.7 Å². The molecule has 15 nitrogen and oxygen atoms in total. The SMILES string of the molecule is C[C@@H](O)C1C(=O)N2C(C(=O)O)=C(CN3CC(C[C@@H](O)C4C(=O)N5C(C(=O)O)=C(CN6CC[C@H](C(N)=O)C6)[C@H](C)C45)[C@H](C#N)C3)[C@H](C)C12. The van der Waals surface area contributed by atoms with Gasteiger partial charge in [-0.25, -0.2) is 9.59 Å². The highest BCUT2D eigenvalue weighted by Gasteiger charge is 2.62. The van der Waals surface area contributed by atoms with Crippen LogP contribution < -0.4 is 5.73 Å². The molecule has 0 spiro atoms. The van der Waals surface area contributed by atoms with Crippen LogP contribution in [0.25, 0.3) is 0 Å². The number of likely N-dealkylation sites (tertiary alicyclic amines) is 2. The summed E-state index contributed by atoms with van der Waals surface area (Å²) >= 11 is 0. The summed E-state index contributed by atoms with van der Waals surface area (Å²) in [5.41, 5.74) is 6.45. The zero-order chi connectivity index (χ0) is 34.2. The molecule has 11 atom stereocenters. The summed E-state index contributed by atoms with van der Waals surface area (Å²) in [5, 5.41) is 51.6. The van der Waals surface area contributed by atoms with E-state index in [0.717, 1.165) is 0 Å². The Hall–Kier alpha value is -3.84. The fourth-order valence-electron chi connectivity index (χ4n) is 9.23. The van der Waals surface area contributed by atoms with Crippen molar-refractivity contribution in [1.29, 1.82) is 5.26 Å². The molecule has 0 saturated carbocycles. The van der Waals surface area contributed by atoms with Crippen molar-refractivity contribution in [2.75, 3.05) is 39.3 Å². The van der Waals surface area contributed by atoms with Gasteiger partial charge in [-0.15, -0.1) is 0 Å². The topological polar surface area (TPSA) is 229 Å². The van der Waals surface area contributed by atoms with Gasteiger partial charge < -0.3 is 36.0 Å². The van der Waals surface area contributed by atoms with Crippen molar-refractivity contribution < 1.29 is 44.4 Å². The molecule has 4 fully saturated rings. The number of aliphatic hydroxyl groups is 2. The molecule has 0 aromatic rings. The number of rotatable bonds is 11. The van der Waals surface area contributed by atoms with Gasteiger partial charge in [-0.3, -0.25) is 24.2 Å². The van der Waals surface area contributed by atoms with Crippen LogP contribution in [0.2, 0.25) is 0 Å². The Bertz CT molecular complexity index is 1520. The molecule has 0 aromatic carbocycles. The van der Waals surface area contributed by atoms with Crippen LogP contribution in [-0.4, -0.2) is 133 Å². The quantitative estimate of drug-likeness (QED) is 0.163. The molecule has 15 heteroatoms. The summed E-state index contributed by atoms with van der Waals surface area (Å²) in [6.07, 6.45) is -1.33. The highest BCUT2D eigenvalue weighted by molar-refractivity contribution is 6.01. The van der Waals surface area contributed by atoms with Gasteiger partial charge in [-0.1, -0.05) is 13.8 Å². The van der Waals surface area contributed by atoms with Crippen molar-refractivity contribution in [2.24, 2.45) is 47.2 Å². The van der Waals surface area contributed by atoms with Crippen LogP contribution in [-0.2, 0) is 24.0 Å². The van der Waals surface area contributed by atoms with Gasteiger partial charge in [0.2, 0.25) is 17.7 Å². The van der Waals surface area contributed by atoms with Crippen LogP contribution in [0.3, 0.4) is 0 Å². The van der Waals surface area contributed by atoms with Crippen molar-refractivity contribution >= 4 is 29.7 Å². The highest BCUT2D eigenvalue weighted by atomic mass is 16.4. The molecule has 0 bridgehead atoms. The minimum absolute atomic E-state index is 0.0744. The number of aliphatic hydroxyl groups excluding tert-OH is 2. The largest absolute Gasteiger partial charge is 0.477 e. The van der Waals surface area contributed by atoms with Crippen molar-refractivity contribution in [3.63, 3.8) is 0 Å². The number of primary amides is 1. The smallest absolute Gasteiger partial charge is 0.352 e. The molecule has 254 valence electrons. The number of nitrogens with zero attached hydrogens (tertiary/aromatic N) is 5. The van der Waals surface area contributed by atoms with Crippen LogP contribution >= 0.6 is 0 Å². The van der Waals surface area contributed by atoms with Gasteiger partial charge in [0.1, 0.15) is 11.4 Å². The summed E-state index contributed by atoms with van der Waals surface area (Å²) in [7, 11) is 0. The summed E-state index contributed by atoms with van der Waals surface area (Å²) in [6, 6.07) is 1.31. The van der Waals surface area contributed by atoms with E-state index < -0.39 is 71.7 Å². The Morgan fingerprint density at radius 3 is 1.91 bits per heavy atom. The monoisotopic (exact) mass is 654 g/mol. The Labute approximate surface area is 271 Å². The second-order valence-electron chi connectivity index (χ2n) is 14.2. The highest BCUT2D eigenvalue weighted by Crippen LogP contribution is 2.50. The summed E-state index contributed by atoms with van der Waals surface area (Å²) in [5.74, 6) is -7.04. The van der Waals surface area contributed by atoms with Crippen LogP contribution in [0.1, 0.15) is 33.6 Å². The zero-order valence-electron chi connectivity index (χ0n) is 26.7. The second kappa shape index (κ2) is 12.0. The number of carbonyl (C=O) groups is 5. The number of hydrogen-bond donors (Lipinski definition) is 5. The van der Waals surface area contributed by atoms with Crippen LogP contribution in [0, 0.1) is 52.8 Å². The van der Waals surface area contributed by atoms with E-state index >= 15 is 0 Å². The fourth-order valence-corrected chi connectivity index (χ4v) is 9.23. The van der Waals surface area contributed by atoms with E-state index in [4.69, 9.17) is 5.73 Å². The second-order valence-corrected chi connectivity index (χ2v) is 14.2. The summed E-state index contributed by atoms with van der Waals surface area (Å²) in [6.45, 7) is 7.36. The zero-order valence-corrected chi connectivity index (χ0v) is 26.7. The van der Waals surface area contributed by atoms with Gasteiger partial charge in [-0.05, 0) is 43.4 Å². The van der Waals surface area contributed by atoms with Crippen molar-refractivity contribution in [2.45, 2.75) is 57.9 Å². The first kappa shape index (κ1) is 33.1. The third kappa shape index (κ3) is 5.13. The van der Waals surface area contributed by atoms with E-state index in [2.05, 4.69) is 6.07 Å². The van der Waals surface area contributed by atoms with Gasteiger partial charge in [0, 0.05) is 44.6 Å². The first-order valence-electron chi connectivity index (χ1n) is 16.3. The number of hydrogen-bond acceptors (Lipinski definition) is 10. The maximum Gasteiger partial charge on any atom is 0.352 e. The lowest BCUT2D eigenvalue weighted by molar-refractivity contribution is -0.164. The maximum absolute atomic E-state index is 13.4. The Balaban J connectivity index is 1.13. The average Bonchev–Trinajstić information content (AvgIpc) is 3.72. The number of aliphatic carboxylic acids is 2. The number of fused-ring (bicyclic) bond motifs is 2. The number of β-lactam (4-membered cyclic amide) rings is 2. The van der Waals surface area contributed by atoms with Crippen LogP contribution in [0.5, 0.6) is 0 Å². The number of nitriles is 1. The van der Waals surface area contributed by atoms with E-state index in [1.807, 2.05) is 23.6 Å². The third-order valence-electron chi connectivity index (χ3n) is 11.6. The summed E-state index contributed by atoms with van der Waals surface area (Å²) < 4.78 is 0. The summed E-state index contributed by atoms with van der Waals surface area (Å²) in [4.78, 5) is 68.8. The molecule has 5 unspecified atom stereocenters. The minimum Gasteiger partial charge on any atom is -0.477 e. The molecule has 6 rings (SSSR count).